The largest absolute Gasteiger partial charge is 0.396 e. The van der Waals surface area contributed by atoms with E-state index in [0.29, 0.717) is 17.1 Å². The summed E-state index contributed by atoms with van der Waals surface area (Å²) in [6.07, 6.45) is 0.676. The first-order chi connectivity index (χ1) is 7.86. The van der Waals surface area contributed by atoms with Crippen molar-refractivity contribution in [2.24, 2.45) is 5.41 Å². The van der Waals surface area contributed by atoms with E-state index in [9.17, 15) is 0 Å². The van der Waals surface area contributed by atoms with E-state index in [1.807, 2.05) is 12.1 Å². The van der Waals surface area contributed by atoms with Crippen molar-refractivity contribution in [3.63, 3.8) is 0 Å². The first kappa shape index (κ1) is 14.1. The van der Waals surface area contributed by atoms with E-state index in [0.717, 1.165) is 5.69 Å². The van der Waals surface area contributed by atoms with Crippen LogP contribution in [0.4, 0.5) is 11.4 Å². The Morgan fingerprint density at radius 3 is 2.59 bits per heavy atom. The molecule has 4 N–H and O–H groups in total. The third-order valence-corrected chi connectivity index (χ3v) is 3.18. The van der Waals surface area contributed by atoms with Gasteiger partial charge in [0.15, 0.2) is 0 Å². The number of hydrogen-bond donors (Lipinski definition) is 3. The summed E-state index contributed by atoms with van der Waals surface area (Å²) in [6, 6.07) is 5.67. The zero-order valence-electron chi connectivity index (χ0n) is 10.6. The fourth-order valence-corrected chi connectivity index (χ4v) is 1.88. The van der Waals surface area contributed by atoms with Crippen LogP contribution >= 0.6 is 11.6 Å². The van der Waals surface area contributed by atoms with E-state index in [2.05, 4.69) is 26.1 Å². The molecule has 1 unspecified atom stereocenters. The minimum atomic E-state index is 0.0392. The highest BCUT2D eigenvalue weighted by atomic mass is 35.5. The number of nitrogen functional groups attached to an aromatic ring is 1. The molecule has 0 bridgehead atoms. The summed E-state index contributed by atoms with van der Waals surface area (Å²) >= 11 is 5.97. The second kappa shape index (κ2) is 5.61. The summed E-state index contributed by atoms with van der Waals surface area (Å²) in [7, 11) is 0. The Morgan fingerprint density at radius 2 is 2.06 bits per heavy atom. The SMILES string of the molecule is CC(C)(C)C(CCO)Nc1cccc(Cl)c1N. The van der Waals surface area contributed by atoms with Crippen LogP contribution in [0.3, 0.4) is 0 Å². The average molecular weight is 257 g/mol. The second-order valence-corrected chi connectivity index (χ2v) is 5.68. The van der Waals surface area contributed by atoms with Gasteiger partial charge >= 0.3 is 0 Å². The van der Waals surface area contributed by atoms with Crippen molar-refractivity contribution in [2.45, 2.75) is 33.2 Å². The molecule has 1 atom stereocenters. The number of benzene rings is 1. The van der Waals surface area contributed by atoms with Gasteiger partial charge in [-0.25, -0.2) is 0 Å². The zero-order valence-corrected chi connectivity index (χ0v) is 11.4. The lowest BCUT2D eigenvalue weighted by atomic mass is 9.84. The van der Waals surface area contributed by atoms with Gasteiger partial charge in [0, 0.05) is 12.6 Å². The second-order valence-electron chi connectivity index (χ2n) is 5.28. The molecular weight excluding hydrogens is 236 g/mol. The summed E-state index contributed by atoms with van der Waals surface area (Å²) in [5, 5.41) is 13.0. The normalized spacial score (nSPS) is 13.5. The van der Waals surface area contributed by atoms with E-state index >= 15 is 0 Å². The summed E-state index contributed by atoms with van der Waals surface area (Å²) in [4.78, 5) is 0. The summed E-state index contributed by atoms with van der Waals surface area (Å²) in [5.41, 5.74) is 7.33. The van der Waals surface area contributed by atoms with Crippen molar-refractivity contribution in [1.29, 1.82) is 0 Å². The van der Waals surface area contributed by atoms with Crippen LogP contribution in [0.1, 0.15) is 27.2 Å². The topological polar surface area (TPSA) is 58.3 Å². The molecule has 0 aromatic heterocycles. The lowest BCUT2D eigenvalue weighted by molar-refractivity contribution is 0.235. The molecule has 3 nitrogen and oxygen atoms in total. The maximum absolute atomic E-state index is 9.10. The third-order valence-electron chi connectivity index (χ3n) is 2.85. The highest BCUT2D eigenvalue weighted by molar-refractivity contribution is 6.33. The van der Waals surface area contributed by atoms with Crippen LogP contribution in [0.15, 0.2) is 18.2 Å². The fourth-order valence-electron chi connectivity index (χ4n) is 1.70. The average Bonchev–Trinajstić information content (AvgIpc) is 2.22. The number of rotatable bonds is 4. The van der Waals surface area contributed by atoms with E-state index in [1.165, 1.54) is 0 Å². The highest BCUT2D eigenvalue weighted by Gasteiger charge is 2.24. The lowest BCUT2D eigenvalue weighted by Crippen LogP contribution is -2.35. The molecule has 0 spiro atoms. The Balaban J connectivity index is 2.90. The Kier molecular flexibility index (Phi) is 4.66. The van der Waals surface area contributed by atoms with Crippen molar-refractivity contribution >= 4 is 23.0 Å². The van der Waals surface area contributed by atoms with Gasteiger partial charge in [-0.05, 0) is 24.0 Å². The molecule has 0 aliphatic carbocycles. The van der Waals surface area contributed by atoms with Crippen LogP contribution in [-0.4, -0.2) is 17.8 Å². The van der Waals surface area contributed by atoms with E-state index < -0.39 is 0 Å². The van der Waals surface area contributed by atoms with Crippen LogP contribution in [0.25, 0.3) is 0 Å². The Labute approximate surface area is 108 Å². The van der Waals surface area contributed by atoms with Gasteiger partial charge in [0.05, 0.1) is 16.4 Å². The minimum Gasteiger partial charge on any atom is -0.396 e. The Bertz CT molecular complexity index is 374. The predicted octanol–water partition coefficient (Wildman–Crippen LogP) is 3.13. The first-order valence-electron chi connectivity index (χ1n) is 5.77. The number of nitrogens with one attached hydrogen (secondary N) is 1. The molecule has 0 radical (unpaired) electrons. The summed E-state index contributed by atoms with van der Waals surface area (Å²) < 4.78 is 0. The third kappa shape index (κ3) is 3.79. The smallest absolute Gasteiger partial charge is 0.0739 e. The fraction of sp³-hybridized carbons (Fsp3) is 0.538. The molecular formula is C13H21ClN2O. The van der Waals surface area contributed by atoms with Crippen LogP contribution < -0.4 is 11.1 Å². The van der Waals surface area contributed by atoms with Crippen LogP contribution in [-0.2, 0) is 0 Å². The molecule has 17 heavy (non-hydrogen) atoms. The molecule has 0 aliphatic heterocycles. The molecule has 4 heteroatoms. The standard InChI is InChI=1S/C13H21ClN2O/c1-13(2,3)11(7-8-17)16-10-6-4-5-9(14)12(10)15/h4-6,11,16-17H,7-8,15H2,1-3H3. The lowest BCUT2D eigenvalue weighted by Gasteiger charge is -2.32. The quantitative estimate of drug-likeness (QED) is 0.726. The van der Waals surface area contributed by atoms with Crippen LogP contribution in [0, 0.1) is 5.41 Å². The van der Waals surface area contributed by atoms with Gasteiger partial charge in [-0.15, -0.1) is 0 Å². The molecule has 1 aromatic carbocycles. The monoisotopic (exact) mass is 256 g/mol. The van der Waals surface area contributed by atoms with Gasteiger partial charge in [-0.1, -0.05) is 38.4 Å². The van der Waals surface area contributed by atoms with E-state index in [1.54, 1.807) is 6.07 Å². The number of nitrogens with two attached hydrogens (primary N) is 1. The van der Waals surface area contributed by atoms with Crippen molar-refractivity contribution in [3.05, 3.63) is 23.2 Å². The van der Waals surface area contributed by atoms with Crippen molar-refractivity contribution in [3.8, 4) is 0 Å². The summed E-state index contributed by atoms with van der Waals surface area (Å²) in [6.45, 7) is 6.53. The van der Waals surface area contributed by atoms with Crippen LogP contribution in [0.5, 0.6) is 0 Å². The molecule has 1 rings (SSSR count). The maximum atomic E-state index is 9.10. The number of hydrogen-bond acceptors (Lipinski definition) is 3. The van der Waals surface area contributed by atoms with Crippen LogP contribution in [0.2, 0.25) is 5.02 Å². The van der Waals surface area contributed by atoms with Gasteiger partial charge in [0.1, 0.15) is 0 Å². The summed E-state index contributed by atoms with van der Waals surface area (Å²) in [5.74, 6) is 0. The molecule has 96 valence electrons. The van der Waals surface area contributed by atoms with Gasteiger partial charge < -0.3 is 16.2 Å². The van der Waals surface area contributed by atoms with E-state index in [-0.39, 0.29) is 18.1 Å². The highest BCUT2D eigenvalue weighted by Crippen LogP contribution is 2.31. The number of para-hydroxylation sites is 1. The number of aliphatic hydroxyl groups is 1. The zero-order chi connectivity index (χ0) is 13.1. The molecule has 0 saturated carbocycles. The van der Waals surface area contributed by atoms with Gasteiger partial charge in [0.25, 0.3) is 0 Å². The van der Waals surface area contributed by atoms with Gasteiger partial charge in [-0.2, -0.15) is 0 Å². The maximum Gasteiger partial charge on any atom is 0.0739 e. The minimum absolute atomic E-state index is 0.0392. The number of anilines is 2. The predicted molar refractivity (Wildman–Crippen MR) is 74.4 cm³/mol. The Hall–Kier alpha value is -0.930. The molecule has 1 aromatic rings. The van der Waals surface area contributed by atoms with Gasteiger partial charge in [0.2, 0.25) is 0 Å². The molecule has 0 saturated heterocycles. The van der Waals surface area contributed by atoms with Crippen molar-refractivity contribution < 1.29 is 5.11 Å². The number of halogens is 1. The molecule has 0 aliphatic rings. The number of aliphatic hydroxyl groups excluding tert-OH is 1. The molecule has 0 amide bonds. The first-order valence-corrected chi connectivity index (χ1v) is 6.15. The Morgan fingerprint density at radius 1 is 1.41 bits per heavy atom. The van der Waals surface area contributed by atoms with Crippen molar-refractivity contribution in [2.75, 3.05) is 17.7 Å². The van der Waals surface area contributed by atoms with Crippen molar-refractivity contribution in [1.82, 2.24) is 0 Å². The van der Waals surface area contributed by atoms with E-state index in [4.69, 9.17) is 22.4 Å². The van der Waals surface area contributed by atoms with Gasteiger partial charge in [-0.3, -0.25) is 0 Å². The molecule has 0 fully saturated rings. The molecule has 0 heterocycles.